The molecule has 7 heteroatoms. The number of morpholine rings is 1. The van der Waals surface area contributed by atoms with Crippen molar-refractivity contribution in [3.05, 3.63) is 35.6 Å². The quantitative estimate of drug-likeness (QED) is 0.792. The van der Waals surface area contributed by atoms with Crippen LogP contribution in [0.15, 0.2) is 24.3 Å². The molecular formula is C16H23FN2O3S. The molecule has 1 atom stereocenters. The second-order valence-electron chi connectivity index (χ2n) is 6.27. The molecule has 5 nitrogen and oxygen atoms in total. The minimum absolute atomic E-state index is 0.0807. The Morgan fingerprint density at radius 1 is 1.39 bits per heavy atom. The Bertz CT molecular complexity index is 648. The van der Waals surface area contributed by atoms with Gasteiger partial charge in [-0.05, 0) is 43.9 Å². The minimum atomic E-state index is -3.48. The molecule has 2 aliphatic rings. The molecule has 0 unspecified atom stereocenters. The third-order valence-corrected chi connectivity index (χ3v) is 6.35. The Balaban J connectivity index is 1.70. The average Bonchev–Trinajstić information content (AvgIpc) is 3.32. The number of hydrogen-bond acceptors (Lipinski definition) is 3. The molecule has 1 heterocycles. The van der Waals surface area contributed by atoms with Crippen LogP contribution in [0.3, 0.4) is 0 Å². The molecule has 1 aromatic carbocycles. The number of halogens is 1. The SMILES string of the molecule is C[C@@H]1CN(S(=O)(=O)N(CCc2cccc(F)c2)C2CC2)CCO1. The molecule has 1 aliphatic heterocycles. The van der Waals surface area contributed by atoms with Crippen LogP contribution in [-0.4, -0.2) is 55.4 Å². The third kappa shape index (κ3) is 4.09. The van der Waals surface area contributed by atoms with Crippen molar-refractivity contribution < 1.29 is 17.5 Å². The smallest absolute Gasteiger partial charge is 0.282 e. The third-order valence-electron chi connectivity index (χ3n) is 4.29. The number of ether oxygens (including phenoxy) is 1. The summed E-state index contributed by atoms with van der Waals surface area (Å²) < 4.78 is 47.7. The zero-order valence-electron chi connectivity index (χ0n) is 13.3. The standard InChI is InChI=1S/C16H23FN2O3S/c1-13-12-18(9-10-22-13)23(20,21)19(16-5-6-16)8-7-14-3-2-4-15(17)11-14/h2-4,11,13,16H,5-10,12H2,1H3/t13-/m1/s1. The van der Waals surface area contributed by atoms with E-state index in [1.165, 1.54) is 16.4 Å². The Kier molecular flexibility index (Phi) is 5.01. The van der Waals surface area contributed by atoms with Gasteiger partial charge in [0.2, 0.25) is 0 Å². The fraction of sp³-hybridized carbons (Fsp3) is 0.625. The molecule has 1 aliphatic carbocycles. The van der Waals surface area contributed by atoms with Crippen molar-refractivity contribution in [2.24, 2.45) is 0 Å². The second-order valence-corrected chi connectivity index (χ2v) is 8.15. The Labute approximate surface area is 137 Å². The highest BCUT2D eigenvalue weighted by molar-refractivity contribution is 7.86. The number of nitrogens with zero attached hydrogens (tertiary/aromatic N) is 2. The molecule has 1 saturated carbocycles. The average molecular weight is 342 g/mol. The summed E-state index contributed by atoms with van der Waals surface area (Å²) in [6.07, 6.45) is 2.25. The van der Waals surface area contributed by atoms with Crippen LogP contribution in [0.1, 0.15) is 25.3 Å². The molecule has 128 valence electrons. The van der Waals surface area contributed by atoms with E-state index in [0.717, 1.165) is 18.4 Å². The van der Waals surface area contributed by atoms with Crippen LogP contribution in [0.4, 0.5) is 4.39 Å². The maximum absolute atomic E-state index is 13.3. The monoisotopic (exact) mass is 342 g/mol. The summed E-state index contributed by atoms with van der Waals surface area (Å²) >= 11 is 0. The van der Waals surface area contributed by atoms with Crippen LogP contribution in [0.5, 0.6) is 0 Å². The van der Waals surface area contributed by atoms with Gasteiger partial charge in [-0.25, -0.2) is 4.39 Å². The predicted molar refractivity (Wildman–Crippen MR) is 85.7 cm³/mol. The number of hydrogen-bond donors (Lipinski definition) is 0. The van der Waals surface area contributed by atoms with Gasteiger partial charge in [0, 0.05) is 25.7 Å². The summed E-state index contributed by atoms with van der Waals surface area (Å²) in [7, 11) is -3.48. The highest BCUT2D eigenvalue weighted by Crippen LogP contribution is 2.31. The van der Waals surface area contributed by atoms with Crippen molar-refractivity contribution in [2.75, 3.05) is 26.2 Å². The van der Waals surface area contributed by atoms with Crippen LogP contribution in [0.2, 0.25) is 0 Å². The number of rotatable bonds is 6. The first kappa shape index (κ1) is 16.8. The zero-order chi connectivity index (χ0) is 16.4. The van der Waals surface area contributed by atoms with Crippen LogP contribution in [0, 0.1) is 5.82 Å². The van der Waals surface area contributed by atoms with Crippen molar-refractivity contribution in [3.8, 4) is 0 Å². The summed E-state index contributed by atoms with van der Waals surface area (Å²) in [5.74, 6) is -0.287. The largest absolute Gasteiger partial charge is 0.376 e. The maximum atomic E-state index is 13.3. The van der Waals surface area contributed by atoms with Crippen LogP contribution in [0.25, 0.3) is 0 Å². The van der Waals surface area contributed by atoms with E-state index in [-0.39, 0.29) is 18.0 Å². The number of benzene rings is 1. The van der Waals surface area contributed by atoms with Gasteiger partial charge in [0.05, 0.1) is 12.7 Å². The highest BCUT2D eigenvalue weighted by Gasteiger charge is 2.41. The summed E-state index contributed by atoms with van der Waals surface area (Å²) in [6, 6.07) is 6.44. The van der Waals surface area contributed by atoms with Crippen molar-refractivity contribution in [3.63, 3.8) is 0 Å². The summed E-state index contributed by atoms with van der Waals surface area (Å²) in [6.45, 7) is 3.50. The van der Waals surface area contributed by atoms with Gasteiger partial charge in [0.1, 0.15) is 5.82 Å². The van der Waals surface area contributed by atoms with Crippen molar-refractivity contribution in [1.29, 1.82) is 0 Å². The van der Waals surface area contributed by atoms with Gasteiger partial charge in [0.25, 0.3) is 10.2 Å². The lowest BCUT2D eigenvalue weighted by molar-refractivity contribution is 0.00817. The lowest BCUT2D eigenvalue weighted by Gasteiger charge is -2.34. The van der Waals surface area contributed by atoms with E-state index in [2.05, 4.69) is 0 Å². The van der Waals surface area contributed by atoms with Crippen molar-refractivity contribution in [2.45, 2.75) is 38.3 Å². The molecule has 0 aromatic heterocycles. The molecule has 0 bridgehead atoms. The van der Waals surface area contributed by atoms with Gasteiger partial charge in [-0.15, -0.1) is 0 Å². The van der Waals surface area contributed by atoms with Crippen molar-refractivity contribution >= 4 is 10.2 Å². The minimum Gasteiger partial charge on any atom is -0.376 e. The van der Waals surface area contributed by atoms with Gasteiger partial charge in [0.15, 0.2) is 0 Å². The lowest BCUT2D eigenvalue weighted by Crippen LogP contribution is -2.51. The maximum Gasteiger partial charge on any atom is 0.282 e. The van der Waals surface area contributed by atoms with E-state index in [9.17, 15) is 12.8 Å². The second kappa shape index (κ2) is 6.84. The predicted octanol–water partition coefficient (Wildman–Crippen LogP) is 1.80. The van der Waals surface area contributed by atoms with Crippen LogP contribution in [-0.2, 0) is 21.4 Å². The van der Waals surface area contributed by atoms with Gasteiger partial charge in [-0.1, -0.05) is 12.1 Å². The van der Waals surface area contributed by atoms with E-state index in [4.69, 9.17) is 4.74 Å². The first-order valence-electron chi connectivity index (χ1n) is 8.10. The summed E-state index contributed by atoms with van der Waals surface area (Å²) in [4.78, 5) is 0. The molecule has 23 heavy (non-hydrogen) atoms. The van der Waals surface area contributed by atoms with E-state index < -0.39 is 10.2 Å². The fourth-order valence-electron chi connectivity index (χ4n) is 2.92. The normalized spacial score (nSPS) is 23.3. The molecule has 0 amide bonds. The molecule has 0 N–H and O–H groups in total. The first-order valence-corrected chi connectivity index (χ1v) is 9.49. The fourth-order valence-corrected chi connectivity index (χ4v) is 4.83. The summed E-state index contributed by atoms with van der Waals surface area (Å²) in [5, 5.41) is 0. The van der Waals surface area contributed by atoms with Gasteiger partial charge in [-0.3, -0.25) is 0 Å². The molecule has 1 saturated heterocycles. The van der Waals surface area contributed by atoms with E-state index in [1.807, 2.05) is 13.0 Å². The molecule has 2 fully saturated rings. The Morgan fingerprint density at radius 3 is 2.83 bits per heavy atom. The molecule has 0 radical (unpaired) electrons. The molecular weight excluding hydrogens is 319 g/mol. The van der Waals surface area contributed by atoms with Crippen LogP contribution < -0.4 is 0 Å². The van der Waals surface area contributed by atoms with E-state index in [1.54, 1.807) is 10.4 Å². The van der Waals surface area contributed by atoms with Gasteiger partial charge < -0.3 is 4.74 Å². The summed E-state index contributed by atoms with van der Waals surface area (Å²) in [5.41, 5.74) is 0.821. The lowest BCUT2D eigenvalue weighted by atomic mass is 10.1. The Morgan fingerprint density at radius 2 is 2.17 bits per heavy atom. The van der Waals surface area contributed by atoms with E-state index >= 15 is 0 Å². The van der Waals surface area contributed by atoms with Crippen molar-refractivity contribution in [1.82, 2.24) is 8.61 Å². The topological polar surface area (TPSA) is 49.9 Å². The highest BCUT2D eigenvalue weighted by atomic mass is 32.2. The zero-order valence-corrected chi connectivity index (χ0v) is 14.1. The van der Waals surface area contributed by atoms with Crippen LogP contribution >= 0.6 is 0 Å². The first-order chi connectivity index (χ1) is 11.0. The van der Waals surface area contributed by atoms with Gasteiger partial charge >= 0.3 is 0 Å². The Hall–Kier alpha value is -1.02. The molecule has 0 spiro atoms. The molecule has 1 aromatic rings. The molecule has 3 rings (SSSR count). The van der Waals surface area contributed by atoms with E-state index in [0.29, 0.717) is 32.7 Å². The van der Waals surface area contributed by atoms with Gasteiger partial charge in [-0.2, -0.15) is 17.0 Å².